The van der Waals surface area contributed by atoms with Gasteiger partial charge in [0.25, 0.3) is 0 Å². The van der Waals surface area contributed by atoms with Crippen molar-refractivity contribution >= 4 is 6.29 Å². The zero-order chi connectivity index (χ0) is 9.26. The highest BCUT2D eigenvalue weighted by atomic mass is 16.1. The molecule has 2 rings (SSSR count). The Labute approximate surface area is 77.8 Å². The molecule has 2 heterocycles. The van der Waals surface area contributed by atoms with Crippen molar-refractivity contribution in [3.8, 4) is 0 Å². The van der Waals surface area contributed by atoms with E-state index in [-0.39, 0.29) is 6.04 Å². The molecule has 0 saturated carbocycles. The SMILES string of the molecule is CCc1ncc2n1C(C=O)CCC2. The fourth-order valence-corrected chi connectivity index (χ4v) is 2.04. The van der Waals surface area contributed by atoms with Crippen molar-refractivity contribution in [2.24, 2.45) is 0 Å². The van der Waals surface area contributed by atoms with Crippen molar-refractivity contribution in [2.75, 3.05) is 0 Å². The summed E-state index contributed by atoms with van der Waals surface area (Å²) in [4.78, 5) is 15.2. The Morgan fingerprint density at radius 3 is 3.31 bits per heavy atom. The van der Waals surface area contributed by atoms with Crippen LogP contribution in [0.3, 0.4) is 0 Å². The van der Waals surface area contributed by atoms with Gasteiger partial charge in [-0.05, 0) is 19.3 Å². The van der Waals surface area contributed by atoms with Gasteiger partial charge in [-0.2, -0.15) is 0 Å². The molecule has 13 heavy (non-hydrogen) atoms. The molecular weight excluding hydrogens is 164 g/mol. The zero-order valence-corrected chi connectivity index (χ0v) is 7.86. The topological polar surface area (TPSA) is 34.9 Å². The van der Waals surface area contributed by atoms with Crippen molar-refractivity contribution in [3.63, 3.8) is 0 Å². The Balaban J connectivity index is 2.44. The molecule has 0 amide bonds. The number of fused-ring (bicyclic) bond motifs is 1. The number of hydrogen-bond donors (Lipinski definition) is 0. The number of aldehydes is 1. The van der Waals surface area contributed by atoms with Gasteiger partial charge in [0.05, 0.1) is 6.04 Å². The quantitative estimate of drug-likeness (QED) is 0.643. The number of rotatable bonds is 2. The minimum atomic E-state index is 0.0428. The molecule has 1 aliphatic heterocycles. The van der Waals surface area contributed by atoms with E-state index < -0.39 is 0 Å². The summed E-state index contributed by atoms with van der Waals surface area (Å²) in [6.45, 7) is 2.08. The second-order valence-electron chi connectivity index (χ2n) is 3.48. The third kappa shape index (κ3) is 1.28. The molecule has 70 valence electrons. The summed E-state index contributed by atoms with van der Waals surface area (Å²) in [5.74, 6) is 1.05. The Bertz CT molecular complexity index is 303. The summed E-state index contributed by atoms with van der Waals surface area (Å²) >= 11 is 0. The lowest BCUT2D eigenvalue weighted by Gasteiger charge is -2.22. The van der Waals surface area contributed by atoms with E-state index >= 15 is 0 Å². The number of hydrogen-bond acceptors (Lipinski definition) is 2. The van der Waals surface area contributed by atoms with Gasteiger partial charge >= 0.3 is 0 Å². The lowest BCUT2D eigenvalue weighted by molar-refractivity contribution is -0.111. The van der Waals surface area contributed by atoms with Crippen LogP contribution in [0.5, 0.6) is 0 Å². The first-order valence-electron chi connectivity index (χ1n) is 4.87. The second-order valence-corrected chi connectivity index (χ2v) is 3.48. The maximum absolute atomic E-state index is 10.8. The third-order valence-electron chi connectivity index (χ3n) is 2.69. The molecule has 0 spiro atoms. The molecule has 1 aliphatic rings. The van der Waals surface area contributed by atoms with Crippen molar-refractivity contribution in [1.29, 1.82) is 0 Å². The van der Waals surface area contributed by atoms with Gasteiger partial charge in [-0.25, -0.2) is 4.98 Å². The molecule has 0 radical (unpaired) electrons. The van der Waals surface area contributed by atoms with Crippen LogP contribution in [-0.2, 0) is 17.6 Å². The number of carbonyl (C=O) groups is 1. The standard InChI is InChI=1S/C10H14N2O/c1-2-10-11-6-8-4-3-5-9(7-13)12(8)10/h6-7,9H,2-5H2,1H3. The lowest BCUT2D eigenvalue weighted by atomic mass is 10.0. The molecule has 1 aromatic heterocycles. The Kier molecular flexibility index (Phi) is 2.17. The van der Waals surface area contributed by atoms with Gasteiger partial charge in [-0.3, -0.25) is 0 Å². The van der Waals surface area contributed by atoms with Gasteiger partial charge in [-0.1, -0.05) is 6.92 Å². The van der Waals surface area contributed by atoms with Crippen LogP contribution >= 0.6 is 0 Å². The average molecular weight is 178 g/mol. The minimum Gasteiger partial charge on any atom is -0.322 e. The van der Waals surface area contributed by atoms with E-state index in [0.717, 1.165) is 37.8 Å². The summed E-state index contributed by atoms with van der Waals surface area (Å²) in [6, 6.07) is 0.0428. The van der Waals surface area contributed by atoms with Crippen molar-refractivity contribution in [2.45, 2.75) is 38.6 Å². The summed E-state index contributed by atoms with van der Waals surface area (Å²) < 4.78 is 2.11. The predicted molar refractivity (Wildman–Crippen MR) is 49.6 cm³/mol. The van der Waals surface area contributed by atoms with Gasteiger partial charge in [0, 0.05) is 18.3 Å². The molecular formula is C10H14N2O. The van der Waals surface area contributed by atoms with Gasteiger partial charge in [0.15, 0.2) is 0 Å². The molecule has 0 aliphatic carbocycles. The summed E-state index contributed by atoms with van der Waals surface area (Å²) in [5.41, 5.74) is 1.22. The summed E-state index contributed by atoms with van der Waals surface area (Å²) in [7, 11) is 0. The van der Waals surface area contributed by atoms with E-state index in [2.05, 4.69) is 16.5 Å². The first-order valence-corrected chi connectivity index (χ1v) is 4.87. The molecule has 0 aromatic carbocycles. The Morgan fingerprint density at radius 1 is 1.77 bits per heavy atom. The first kappa shape index (κ1) is 8.48. The molecule has 1 unspecified atom stereocenters. The van der Waals surface area contributed by atoms with Crippen LogP contribution in [0.4, 0.5) is 0 Å². The number of nitrogens with zero attached hydrogens (tertiary/aromatic N) is 2. The molecule has 0 saturated heterocycles. The van der Waals surface area contributed by atoms with E-state index in [9.17, 15) is 4.79 Å². The first-order chi connectivity index (χ1) is 6.36. The predicted octanol–water partition coefficient (Wildman–Crippen LogP) is 1.52. The van der Waals surface area contributed by atoms with E-state index in [1.165, 1.54) is 5.69 Å². The van der Waals surface area contributed by atoms with E-state index in [0.29, 0.717) is 0 Å². The van der Waals surface area contributed by atoms with Gasteiger partial charge in [0.1, 0.15) is 12.1 Å². The fraction of sp³-hybridized carbons (Fsp3) is 0.600. The smallest absolute Gasteiger partial charge is 0.142 e. The second kappa shape index (κ2) is 3.32. The number of imidazole rings is 1. The van der Waals surface area contributed by atoms with Crippen LogP contribution in [0.2, 0.25) is 0 Å². The van der Waals surface area contributed by atoms with Gasteiger partial charge < -0.3 is 9.36 Å². The monoisotopic (exact) mass is 178 g/mol. The maximum Gasteiger partial charge on any atom is 0.142 e. The van der Waals surface area contributed by atoms with Crippen LogP contribution in [0.15, 0.2) is 6.20 Å². The van der Waals surface area contributed by atoms with Gasteiger partial charge in [-0.15, -0.1) is 0 Å². The molecule has 0 N–H and O–H groups in total. The van der Waals surface area contributed by atoms with Crippen LogP contribution in [0, 0.1) is 0 Å². The van der Waals surface area contributed by atoms with Crippen LogP contribution < -0.4 is 0 Å². The van der Waals surface area contributed by atoms with Crippen LogP contribution in [0.1, 0.15) is 37.3 Å². The molecule has 3 heteroatoms. The number of aryl methyl sites for hydroxylation is 2. The third-order valence-corrected chi connectivity index (χ3v) is 2.69. The normalized spacial score (nSPS) is 21.2. The fourth-order valence-electron chi connectivity index (χ4n) is 2.04. The maximum atomic E-state index is 10.8. The molecule has 1 aromatic rings. The highest BCUT2D eigenvalue weighted by molar-refractivity contribution is 5.56. The van der Waals surface area contributed by atoms with E-state index in [4.69, 9.17) is 0 Å². The zero-order valence-electron chi connectivity index (χ0n) is 7.86. The largest absolute Gasteiger partial charge is 0.322 e. The Hall–Kier alpha value is -1.12. The average Bonchev–Trinajstić information content (AvgIpc) is 2.60. The lowest BCUT2D eigenvalue weighted by Crippen LogP contribution is -2.20. The van der Waals surface area contributed by atoms with Crippen LogP contribution in [-0.4, -0.2) is 15.8 Å². The van der Waals surface area contributed by atoms with E-state index in [1.54, 1.807) is 0 Å². The van der Waals surface area contributed by atoms with Gasteiger partial charge in [0.2, 0.25) is 0 Å². The summed E-state index contributed by atoms with van der Waals surface area (Å²) in [6.07, 6.45) is 7.01. The van der Waals surface area contributed by atoms with Crippen molar-refractivity contribution in [3.05, 3.63) is 17.7 Å². The number of aromatic nitrogens is 2. The molecule has 3 nitrogen and oxygen atoms in total. The molecule has 0 bridgehead atoms. The molecule has 0 fully saturated rings. The highest BCUT2D eigenvalue weighted by Gasteiger charge is 2.21. The van der Waals surface area contributed by atoms with Crippen molar-refractivity contribution < 1.29 is 4.79 Å². The van der Waals surface area contributed by atoms with Crippen molar-refractivity contribution in [1.82, 2.24) is 9.55 Å². The van der Waals surface area contributed by atoms with E-state index in [1.807, 2.05) is 6.20 Å². The number of carbonyl (C=O) groups excluding carboxylic acids is 1. The molecule has 1 atom stereocenters. The van der Waals surface area contributed by atoms with Crippen LogP contribution in [0.25, 0.3) is 0 Å². The Morgan fingerprint density at radius 2 is 2.62 bits per heavy atom. The highest BCUT2D eigenvalue weighted by Crippen LogP contribution is 2.24. The summed E-state index contributed by atoms with van der Waals surface area (Å²) in [5, 5.41) is 0. The minimum absolute atomic E-state index is 0.0428.